The van der Waals surface area contributed by atoms with Gasteiger partial charge in [0.1, 0.15) is 5.75 Å². The first-order valence-corrected chi connectivity index (χ1v) is 5.26. The van der Waals surface area contributed by atoms with Crippen molar-refractivity contribution < 1.29 is 14.6 Å². The van der Waals surface area contributed by atoms with Crippen LogP contribution >= 0.6 is 0 Å². The third kappa shape index (κ3) is 4.31. The Morgan fingerprint density at radius 1 is 1.50 bits per heavy atom. The Kier molecular flexibility index (Phi) is 5.36. The summed E-state index contributed by atoms with van der Waals surface area (Å²) >= 11 is 0. The van der Waals surface area contributed by atoms with Gasteiger partial charge in [-0.05, 0) is 24.1 Å². The molecule has 2 N–H and O–H groups in total. The molecule has 0 saturated carbocycles. The van der Waals surface area contributed by atoms with Crippen LogP contribution in [0.3, 0.4) is 0 Å². The molecule has 16 heavy (non-hydrogen) atoms. The molecule has 0 bridgehead atoms. The molecular weight excluding hydrogens is 206 g/mol. The minimum atomic E-state index is -0.120. The van der Waals surface area contributed by atoms with Crippen LogP contribution in [0.25, 0.3) is 0 Å². The number of carbonyl (C=O) groups excluding carboxylic acids is 1. The number of aliphatic hydroxyl groups is 1. The van der Waals surface area contributed by atoms with Crippen LogP contribution in [-0.4, -0.2) is 31.3 Å². The molecule has 1 aromatic carbocycles. The molecule has 0 spiro atoms. The number of ether oxygens (including phenoxy) is 1. The van der Waals surface area contributed by atoms with E-state index in [9.17, 15) is 4.79 Å². The van der Waals surface area contributed by atoms with E-state index in [2.05, 4.69) is 5.32 Å². The van der Waals surface area contributed by atoms with Crippen molar-refractivity contribution in [3.63, 3.8) is 0 Å². The quantitative estimate of drug-likeness (QED) is 0.747. The van der Waals surface area contributed by atoms with Crippen LogP contribution in [0.4, 0.5) is 0 Å². The monoisotopic (exact) mass is 223 g/mol. The van der Waals surface area contributed by atoms with Crippen LogP contribution < -0.4 is 10.1 Å². The summed E-state index contributed by atoms with van der Waals surface area (Å²) < 4.78 is 5.10. The minimum absolute atomic E-state index is 0.106. The summed E-state index contributed by atoms with van der Waals surface area (Å²) in [6.07, 6.45) is 0.923. The maximum absolute atomic E-state index is 11.1. The van der Waals surface area contributed by atoms with E-state index in [0.717, 1.165) is 17.7 Å². The van der Waals surface area contributed by atoms with Crippen molar-refractivity contribution in [3.8, 4) is 5.75 Å². The molecule has 0 aliphatic carbocycles. The molecule has 1 rings (SSSR count). The van der Waals surface area contributed by atoms with E-state index in [0.29, 0.717) is 6.54 Å². The highest BCUT2D eigenvalue weighted by Gasteiger charge is 2.00. The number of methoxy groups -OCH3 is 1. The lowest BCUT2D eigenvalue weighted by Gasteiger charge is -2.05. The minimum Gasteiger partial charge on any atom is -0.497 e. The van der Waals surface area contributed by atoms with E-state index >= 15 is 0 Å². The zero-order valence-corrected chi connectivity index (χ0v) is 9.40. The maximum atomic E-state index is 11.1. The van der Waals surface area contributed by atoms with E-state index in [-0.39, 0.29) is 18.9 Å². The Morgan fingerprint density at radius 2 is 2.31 bits per heavy atom. The average Bonchev–Trinajstić information content (AvgIpc) is 2.30. The van der Waals surface area contributed by atoms with Gasteiger partial charge in [0.2, 0.25) is 5.91 Å². The standard InChI is InChI=1S/C12H17NO3/c1-16-11-4-2-3-10(9-11)5-7-13-12(15)6-8-14/h2-4,9,14H,5-8H2,1H3,(H,13,15). The summed E-state index contributed by atoms with van der Waals surface area (Å²) in [4.78, 5) is 11.1. The van der Waals surface area contributed by atoms with Gasteiger partial charge in [-0.2, -0.15) is 0 Å². The van der Waals surface area contributed by atoms with Crippen LogP contribution in [0, 0.1) is 0 Å². The van der Waals surface area contributed by atoms with Crippen molar-refractivity contribution in [2.45, 2.75) is 12.8 Å². The molecule has 4 heteroatoms. The zero-order valence-electron chi connectivity index (χ0n) is 9.40. The topological polar surface area (TPSA) is 58.6 Å². The highest BCUT2D eigenvalue weighted by Crippen LogP contribution is 2.12. The largest absolute Gasteiger partial charge is 0.497 e. The number of nitrogens with one attached hydrogen (secondary N) is 1. The van der Waals surface area contributed by atoms with Gasteiger partial charge in [0.15, 0.2) is 0 Å². The maximum Gasteiger partial charge on any atom is 0.222 e. The summed E-state index contributed by atoms with van der Waals surface area (Å²) in [7, 11) is 1.63. The number of amides is 1. The van der Waals surface area contributed by atoms with Gasteiger partial charge in [-0.15, -0.1) is 0 Å². The lowest BCUT2D eigenvalue weighted by Crippen LogP contribution is -2.26. The van der Waals surface area contributed by atoms with Crippen LogP contribution in [-0.2, 0) is 11.2 Å². The molecule has 0 radical (unpaired) electrons. The van der Waals surface area contributed by atoms with Gasteiger partial charge in [0.05, 0.1) is 13.7 Å². The van der Waals surface area contributed by atoms with Crippen LogP contribution in [0.5, 0.6) is 5.75 Å². The van der Waals surface area contributed by atoms with Crippen LogP contribution in [0.15, 0.2) is 24.3 Å². The molecule has 4 nitrogen and oxygen atoms in total. The highest BCUT2D eigenvalue weighted by molar-refractivity contribution is 5.75. The van der Waals surface area contributed by atoms with E-state index in [1.165, 1.54) is 0 Å². The van der Waals surface area contributed by atoms with Crippen LogP contribution in [0.2, 0.25) is 0 Å². The van der Waals surface area contributed by atoms with Gasteiger partial charge < -0.3 is 15.2 Å². The number of benzene rings is 1. The Morgan fingerprint density at radius 3 is 3.00 bits per heavy atom. The lowest BCUT2D eigenvalue weighted by molar-refractivity contribution is -0.121. The number of hydrogen-bond acceptors (Lipinski definition) is 3. The second kappa shape index (κ2) is 6.85. The molecular formula is C12H17NO3. The van der Waals surface area contributed by atoms with Gasteiger partial charge in [-0.25, -0.2) is 0 Å². The predicted octanol–water partition coefficient (Wildman–Crippen LogP) is 0.736. The highest BCUT2D eigenvalue weighted by atomic mass is 16.5. The Hall–Kier alpha value is -1.55. The normalized spacial score (nSPS) is 9.88. The van der Waals surface area contributed by atoms with Gasteiger partial charge in [-0.1, -0.05) is 12.1 Å². The fraction of sp³-hybridized carbons (Fsp3) is 0.417. The Labute approximate surface area is 95.2 Å². The lowest BCUT2D eigenvalue weighted by atomic mass is 10.1. The number of carbonyl (C=O) groups is 1. The van der Waals surface area contributed by atoms with Gasteiger partial charge in [-0.3, -0.25) is 4.79 Å². The van der Waals surface area contributed by atoms with Gasteiger partial charge in [0, 0.05) is 13.0 Å². The summed E-state index contributed by atoms with van der Waals surface area (Å²) in [6.45, 7) is 0.469. The van der Waals surface area contributed by atoms with Crippen molar-refractivity contribution in [1.29, 1.82) is 0 Å². The van der Waals surface area contributed by atoms with Crippen molar-refractivity contribution in [1.82, 2.24) is 5.32 Å². The molecule has 88 valence electrons. The fourth-order valence-corrected chi connectivity index (χ4v) is 1.36. The third-order valence-electron chi connectivity index (χ3n) is 2.21. The average molecular weight is 223 g/mol. The Balaban J connectivity index is 2.34. The molecule has 0 atom stereocenters. The molecule has 0 aliphatic rings. The van der Waals surface area contributed by atoms with Crippen molar-refractivity contribution in [2.75, 3.05) is 20.3 Å². The molecule has 0 unspecified atom stereocenters. The van der Waals surface area contributed by atoms with Crippen molar-refractivity contribution in [3.05, 3.63) is 29.8 Å². The second-order valence-corrected chi connectivity index (χ2v) is 3.43. The summed E-state index contributed by atoms with van der Waals surface area (Å²) in [5.41, 5.74) is 1.11. The number of rotatable bonds is 6. The van der Waals surface area contributed by atoms with Gasteiger partial charge in [0.25, 0.3) is 0 Å². The number of hydrogen-bond donors (Lipinski definition) is 2. The summed E-state index contributed by atoms with van der Waals surface area (Å²) in [5, 5.41) is 11.3. The SMILES string of the molecule is COc1cccc(CCNC(=O)CCO)c1. The zero-order chi connectivity index (χ0) is 11.8. The van der Waals surface area contributed by atoms with E-state index in [4.69, 9.17) is 9.84 Å². The molecule has 1 aromatic rings. The Bertz CT molecular complexity index is 339. The molecule has 0 heterocycles. The van der Waals surface area contributed by atoms with Crippen LogP contribution in [0.1, 0.15) is 12.0 Å². The second-order valence-electron chi connectivity index (χ2n) is 3.43. The number of aliphatic hydroxyl groups excluding tert-OH is 1. The molecule has 0 saturated heterocycles. The molecule has 0 fully saturated rings. The first kappa shape index (κ1) is 12.5. The fourth-order valence-electron chi connectivity index (χ4n) is 1.36. The first-order valence-electron chi connectivity index (χ1n) is 5.26. The molecule has 0 aromatic heterocycles. The van der Waals surface area contributed by atoms with E-state index in [1.807, 2.05) is 24.3 Å². The predicted molar refractivity (Wildman–Crippen MR) is 61.4 cm³/mol. The van der Waals surface area contributed by atoms with Crippen molar-refractivity contribution >= 4 is 5.91 Å². The van der Waals surface area contributed by atoms with Crippen molar-refractivity contribution in [2.24, 2.45) is 0 Å². The summed E-state index contributed by atoms with van der Waals surface area (Å²) in [6, 6.07) is 7.73. The third-order valence-corrected chi connectivity index (χ3v) is 2.21. The summed E-state index contributed by atoms with van der Waals surface area (Å²) in [5.74, 6) is 0.699. The van der Waals surface area contributed by atoms with E-state index < -0.39 is 0 Å². The first-order chi connectivity index (χ1) is 7.76. The molecule has 1 amide bonds. The molecule has 0 aliphatic heterocycles. The van der Waals surface area contributed by atoms with E-state index in [1.54, 1.807) is 7.11 Å². The van der Waals surface area contributed by atoms with Gasteiger partial charge >= 0.3 is 0 Å². The smallest absolute Gasteiger partial charge is 0.222 e.